The van der Waals surface area contributed by atoms with Crippen LogP contribution in [-0.4, -0.2) is 39.8 Å². The SMILES string of the molecule is O=C(O)c1cccc2c1CCN(CC1(O)CCCC1)C2. The Morgan fingerprint density at radius 1 is 1.30 bits per heavy atom. The Labute approximate surface area is 119 Å². The topological polar surface area (TPSA) is 60.8 Å². The van der Waals surface area contributed by atoms with E-state index in [9.17, 15) is 15.0 Å². The third-order valence-electron chi connectivity index (χ3n) is 4.63. The van der Waals surface area contributed by atoms with Crippen LogP contribution in [-0.2, 0) is 13.0 Å². The van der Waals surface area contributed by atoms with Gasteiger partial charge in [0.05, 0.1) is 11.2 Å². The predicted molar refractivity (Wildman–Crippen MR) is 75.8 cm³/mol. The highest BCUT2D eigenvalue weighted by Crippen LogP contribution is 2.32. The van der Waals surface area contributed by atoms with Crippen LogP contribution in [0.3, 0.4) is 0 Å². The van der Waals surface area contributed by atoms with Gasteiger partial charge in [0.2, 0.25) is 0 Å². The Hall–Kier alpha value is -1.39. The first-order chi connectivity index (χ1) is 9.57. The molecular weight excluding hydrogens is 254 g/mol. The molecule has 0 saturated heterocycles. The molecule has 108 valence electrons. The largest absolute Gasteiger partial charge is 0.478 e. The average molecular weight is 275 g/mol. The van der Waals surface area contributed by atoms with Gasteiger partial charge in [-0.1, -0.05) is 25.0 Å². The van der Waals surface area contributed by atoms with Gasteiger partial charge in [-0.25, -0.2) is 4.79 Å². The number of carbonyl (C=O) groups is 1. The van der Waals surface area contributed by atoms with Gasteiger partial charge in [0, 0.05) is 19.6 Å². The summed E-state index contributed by atoms with van der Waals surface area (Å²) in [7, 11) is 0. The van der Waals surface area contributed by atoms with Gasteiger partial charge in [0.1, 0.15) is 0 Å². The normalized spacial score (nSPS) is 21.6. The molecule has 3 rings (SSSR count). The maximum atomic E-state index is 11.2. The van der Waals surface area contributed by atoms with Crippen molar-refractivity contribution in [2.75, 3.05) is 13.1 Å². The zero-order valence-electron chi connectivity index (χ0n) is 11.6. The Morgan fingerprint density at radius 2 is 2.05 bits per heavy atom. The first kappa shape index (κ1) is 13.6. The first-order valence-corrected chi connectivity index (χ1v) is 7.36. The van der Waals surface area contributed by atoms with Crippen molar-refractivity contribution in [1.82, 2.24) is 4.90 Å². The summed E-state index contributed by atoms with van der Waals surface area (Å²) in [5, 5.41) is 19.7. The van der Waals surface area contributed by atoms with Gasteiger partial charge < -0.3 is 10.2 Å². The zero-order valence-corrected chi connectivity index (χ0v) is 11.6. The molecule has 20 heavy (non-hydrogen) atoms. The number of hydrogen-bond acceptors (Lipinski definition) is 3. The predicted octanol–water partition coefficient (Wildman–Crippen LogP) is 2.05. The van der Waals surface area contributed by atoms with Crippen LogP contribution < -0.4 is 0 Å². The average Bonchev–Trinajstić information content (AvgIpc) is 2.84. The highest BCUT2D eigenvalue weighted by atomic mass is 16.4. The number of carboxylic acid groups (broad SMARTS) is 1. The van der Waals surface area contributed by atoms with Gasteiger partial charge in [0.15, 0.2) is 0 Å². The summed E-state index contributed by atoms with van der Waals surface area (Å²) < 4.78 is 0. The van der Waals surface area contributed by atoms with Crippen LogP contribution >= 0.6 is 0 Å². The quantitative estimate of drug-likeness (QED) is 0.886. The van der Waals surface area contributed by atoms with E-state index in [0.29, 0.717) is 12.1 Å². The molecule has 1 aromatic carbocycles. The van der Waals surface area contributed by atoms with E-state index in [2.05, 4.69) is 4.90 Å². The van der Waals surface area contributed by atoms with Gasteiger partial charge in [-0.15, -0.1) is 0 Å². The summed E-state index contributed by atoms with van der Waals surface area (Å²) in [5.74, 6) is -0.843. The molecule has 2 aliphatic rings. The number of fused-ring (bicyclic) bond motifs is 1. The van der Waals surface area contributed by atoms with Crippen LogP contribution in [0.25, 0.3) is 0 Å². The van der Waals surface area contributed by atoms with Crippen molar-refractivity contribution < 1.29 is 15.0 Å². The smallest absolute Gasteiger partial charge is 0.335 e. The van der Waals surface area contributed by atoms with Crippen LogP contribution in [0.5, 0.6) is 0 Å². The molecule has 4 nitrogen and oxygen atoms in total. The summed E-state index contributed by atoms with van der Waals surface area (Å²) in [6.45, 7) is 2.29. The van der Waals surface area contributed by atoms with E-state index in [1.54, 1.807) is 6.07 Å². The van der Waals surface area contributed by atoms with Gasteiger partial charge in [0.25, 0.3) is 0 Å². The summed E-state index contributed by atoms with van der Waals surface area (Å²) in [5.41, 5.74) is 1.97. The Balaban J connectivity index is 1.76. The molecule has 1 saturated carbocycles. The van der Waals surface area contributed by atoms with Gasteiger partial charge in [-0.3, -0.25) is 4.90 Å². The van der Waals surface area contributed by atoms with E-state index in [0.717, 1.165) is 56.3 Å². The van der Waals surface area contributed by atoms with Crippen LogP contribution in [0, 0.1) is 0 Å². The lowest BCUT2D eigenvalue weighted by Gasteiger charge is -2.35. The summed E-state index contributed by atoms with van der Waals surface area (Å²) in [6, 6.07) is 5.50. The molecule has 2 N–H and O–H groups in total. The summed E-state index contributed by atoms with van der Waals surface area (Å²) in [6.07, 6.45) is 4.78. The number of hydrogen-bond donors (Lipinski definition) is 2. The second-order valence-electron chi connectivity index (χ2n) is 6.14. The molecule has 0 atom stereocenters. The number of β-amino-alcohol motifs (C(OH)–C–C–N with tert-alkyl or cyclic N) is 1. The zero-order chi connectivity index (χ0) is 14.2. The monoisotopic (exact) mass is 275 g/mol. The van der Waals surface area contributed by atoms with Gasteiger partial charge >= 0.3 is 5.97 Å². The molecule has 0 amide bonds. The molecule has 1 aliphatic heterocycles. The molecule has 0 bridgehead atoms. The molecular formula is C16H21NO3. The van der Waals surface area contributed by atoms with E-state index in [4.69, 9.17) is 0 Å². The standard InChI is InChI=1S/C16H21NO3/c18-15(19)14-5-3-4-12-10-17(9-6-13(12)14)11-16(20)7-1-2-8-16/h3-5,20H,1-2,6-11H2,(H,18,19). The fourth-order valence-corrected chi connectivity index (χ4v) is 3.61. The molecule has 4 heteroatoms. The highest BCUT2D eigenvalue weighted by molar-refractivity contribution is 5.89. The minimum Gasteiger partial charge on any atom is -0.478 e. The number of benzene rings is 1. The van der Waals surface area contributed by atoms with Crippen LogP contribution in [0.1, 0.15) is 47.2 Å². The summed E-state index contributed by atoms with van der Waals surface area (Å²) >= 11 is 0. The molecule has 0 aromatic heterocycles. The molecule has 0 unspecified atom stereocenters. The Kier molecular flexibility index (Phi) is 3.52. The van der Waals surface area contributed by atoms with Crippen molar-refractivity contribution >= 4 is 5.97 Å². The van der Waals surface area contributed by atoms with Crippen molar-refractivity contribution in [2.45, 2.75) is 44.2 Å². The van der Waals surface area contributed by atoms with Crippen LogP contribution in [0.15, 0.2) is 18.2 Å². The second-order valence-corrected chi connectivity index (χ2v) is 6.14. The lowest BCUT2D eigenvalue weighted by molar-refractivity contribution is 0.00548. The lowest BCUT2D eigenvalue weighted by atomic mass is 9.93. The molecule has 1 fully saturated rings. The van der Waals surface area contributed by atoms with Crippen molar-refractivity contribution in [3.05, 3.63) is 34.9 Å². The summed E-state index contributed by atoms with van der Waals surface area (Å²) in [4.78, 5) is 13.5. The van der Waals surface area contributed by atoms with E-state index in [-0.39, 0.29) is 0 Å². The fourth-order valence-electron chi connectivity index (χ4n) is 3.61. The van der Waals surface area contributed by atoms with E-state index in [1.807, 2.05) is 12.1 Å². The number of carboxylic acids is 1. The molecule has 0 radical (unpaired) electrons. The second kappa shape index (κ2) is 5.19. The van der Waals surface area contributed by atoms with Crippen LogP contribution in [0.2, 0.25) is 0 Å². The number of aliphatic hydroxyl groups is 1. The highest BCUT2D eigenvalue weighted by Gasteiger charge is 2.34. The molecule has 0 spiro atoms. The van der Waals surface area contributed by atoms with Crippen molar-refractivity contribution in [1.29, 1.82) is 0 Å². The number of nitrogens with zero attached hydrogens (tertiary/aromatic N) is 1. The third kappa shape index (κ3) is 2.58. The lowest BCUT2D eigenvalue weighted by Crippen LogP contribution is -2.43. The minimum atomic E-state index is -0.843. The maximum Gasteiger partial charge on any atom is 0.335 e. The Bertz CT molecular complexity index is 520. The van der Waals surface area contributed by atoms with Crippen molar-refractivity contribution in [3.8, 4) is 0 Å². The number of rotatable bonds is 3. The van der Waals surface area contributed by atoms with Crippen LogP contribution in [0.4, 0.5) is 0 Å². The fraction of sp³-hybridized carbons (Fsp3) is 0.562. The molecule has 1 aromatic rings. The molecule has 1 heterocycles. The van der Waals surface area contributed by atoms with E-state index in [1.165, 1.54) is 0 Å². The van der Waals surface area contributed by atoms with Gasteiger partial charge in [-0.05, 0) is 36.5 Å². The van der Waals surface area contributed by atoms with Crippen molar-refractivity contribution in [3.63, 3.8) is 0 Å². The first-order valence-electron chi connectivity index (χ1n) is 7.36. The third-order valence-corrected chi connectivity index (χ3v) is 4.63. The van der Waals surface area contributed by atoms with E-state index < -0.39 is 11.6 Å². The number of aromatic carboxylic acids is 1. The molecule has 1 aliphatic carbocycles. The minimum absolute atomic E-state index is 0.432. The van der Waals surface area contributed by atoms with E-state index >= 15 is 0 Å². The Morgan fingerprint density at radius 3 is 2.75 bits per heavy atom. The van der Waals surface area contributed by atoms with Crippen molar-refractivity contribution in [2.24, 2.45) is 0 Å². The van der Waals surface area contributed by atoms with Gasteiger partial charge in [-0.2, -0.15) is 0 Å². The maximum absolute atomic E-state index is 11.2.